The molecule has 0 bridgehead atoms. The van der Waals surface area contributed by atoms with Gasteiger partial charge < -0.3 is 9.47 Å². The number of nitrogens with zero attached hydrogens (tertiary/aromatic N) is 2. The highest BCUT2D eigenvalue weighted by atomic mass is 79.9. The van der Waals surface area contributed by atoms with E-state index in [1.165, 1.54) is 0 Å². The zero-order valence-corrected chi connectivity index (χ0v) is 12.6. The molecule has 1 aromatic rings. The lowest BCUT2D eigenvalue weighted by molar-refractivity contribution is 0.0729. The van der Waals surface area contributed by atoms with Crippen LogP contribution in [0.1, 0.15) is 44.1 Å². The van der Waals surface area contributed by atoms with Crippen LogP contribution in [0.5, 0.6) is 0 Å². The standard InChI is InChI=1S/C13H21BrN2O/c1-5-7-16-9-11(14)8-12(16)13(17)15(4)10(3)6-2/h8-10H,5-7H2,1-4H3. The Kier molecular flexibility index (Phi) is 5.25. The summed E-state index contributed by atoms with van der Waals surface area (Å²) in [6.07, 6.45) is 3.97. The van der Waals surface area contributed by atoms with E-state index in [1.807, 2.05) is 28.8 Å². The predicted octanol–water partition coefficient (Wildman–Crippen LogP) is 3.53. The Morgan fingerprint density at radius 2 is 2.18 bits per heavy atom. The molecule has 3 nitrogen and oxygen atoms in total. The maximum atomic E-state index is 12.3. The van der Waals surface area contributed by atoms with Crippen molar-refractivity contribution in [3.8, 4) is 0 Å². The van der Waals surface area contributed by atoms with Crippen LogP contribution >= 0.6 is 15.9 Å². The first-order valence-corrected chi connectivity index (χ1v) is 6.93. The molecule has 0 aliphatic heterocycles. The number of halogens is 1. The summed E-state index contributed by atoms with van der Waals surface area (Å²) in [5, 5.41) is 0. The van der Waals surface area contributed by atoms with Gasteiger partial charge in [-0.25, -0.2) is 0 Å². The highest BCUT2D eigenvalue weighted by molar-refractivity contribution is 9.10. The van der Waals surface area contributed by atoms with Crippen LogP contribution in [0.2, 0.25) is 0 Å². The number of carbonyl (C=O) groups excluding carboxylic acids is 1. The van der Waals surface area contributed by atoms with Gasteiger partial charge in [0.25, 0.3) is 5.91 Å². The van der Waals surface area contributed by atoms with Crippen molar-refractivity contribution in [2.75, 3.05) is 7.05 Å². The molecule has 17 heavy (non-hydrogen) atoms. The van der Waals surface area contributed by atoms with Gasteiger partial charge in [0.05, 0.1) is 0 Å². The van der Waals surface area contributed by atoms with Crippen molar-refractivity contribution in [1.29, 1.82) is 0 Å². The maximum Gasteiger partial charge on any atom is 0.270 e. The summed E-state index contributed by atoms with van der Waals surface area (Å²) >= 11 is 3.43. The minimum atomic E-state index is 0.0958. The number of aromatic nitrogens is 1. The van der Waals surface area contributed by atoms with Crippen molar-refractivity contribution in [2.45, 2.75) is 46.2 Å². The van der Waals surface area contributed by atoms with E-state index in [2.05, 4.69) is 36.7 Å². The molecule has 0 fully saturated rings. The van der Waals surface area contributed by atoms with Gasteiger partial charge in [-0.2, -0.15) is 0 Å². The minimum absolute atomic E-state index is 0.0958. The number of aryl methyl sites for hydroxylation is 1. The van der Waals surface area contributed by atoms with Gasteiger partial charge in [0.1, 0.15) is 5.69 Å². The van der Waals surface area contributed by atoms with E-state index in [1.54, 1.807) is 0 Å². The lowest BCUT2D eigenvalue weighted by Crippen LogP contribution is -2.35. The van der Waals surface area contributed by atoms with Gasteiger partial charge in [0.2, 0.25) is 0 Å². The number of carbonyl (C=O) groups is 1. The first-order chi connectivity index (χ1) is 8.01. The molecular weight excluding hydrogens is 280 g/mol. The zero-order valence-electron chi connectivity index (χ0n) is 11.0. The molecule has 1 amide bonds. The fraction of sp³-hybridized carbons (Fsp3) is 0.615. The number of hydrogen-bond donors (Lipinski definition) is 0. The molecule has 0 radical (unpaired) electrons. The average molecular weight is 301 g/mol. The third-order valence-electron chi connectivity index (χ3n) is 3.12. The smallest absolute Gasteiger partial charge is 0.270 e. The molecule has 0 saturated carbocycles. The molecule has 1 aromatic heterocycles. The van der Waals surface area contributed by atoms with Gasteiger partial charge in [0, 0.05) is 30.3 Å². The molecule has 0 spiro atoms. The first-order valence-electron chi connectivity index (χ1n) is 6.14. The van der Waals surface area contributed by atoms with E-state index in [4.69, 9.17) is 0 Å². The van der Waals surface area contributed by atoms with E-state index in [0.29, 0.717) is 0 Å². The van der Waals surface area contributed by atoms with E-state index in [-0.39, 0.29) is 11.9 Å². The number of hydrogen-bond acceptors (Lipinski definition) is 1. The van der Waals surface area contributed by atoms with Crippen LogP contribution in [0.4, 0.5) is 0 Å². The van der Waals surface area contributed by atoms with Crippen molar-refractivity contribution >= 4 is 21.8 Å². The van der Waals surface area contributed by atoms with Gasteiger partial charge in [0.15, 0.2) is 0 Å². The Morgan fingerprint density at radius 3 is 2.71 bits per heavy atom. The zero-order chi connectivity index (χ0) is 13.0. The Bertz CT molecular complexity index is 387. The SMILES string of the molecule is CCCn1cc(Br)cc1C(=O)N(C)C(C)CC. The Hall–Kier alpha value is -0.770. The average Bonchev–Trinajstić information content (AvgIpc) is 2.68. The van der Waals surface area contributed by atoms with E-state index in [9.17, 15) is 4.79 Å². The second-order valence-electron chi connectivity index (χ2n) is 4.41. The summed E-state index contributed by atoms with van der Waals surface area (Å²) in [6, 6.07) is 2.17. The second-order valence-corrected chi connectivity index (χ2v) is 5.33. The third-order valence-corrected chi connectivity index (χ3v) is 3.55. The largest absolute Gasteiger partial charge is 0.342 e. The molecule has 0 aromatic carbocycles. The Labute approximate surface area is 112 Å². The molecule has 0 aliphatic carbocycles. The quantitative estimate of drug-likeness (QED) is 0.816. The van der Waals surface area contributed by atoms with Crippen LogP contribution in [0.3, 0.4) is 0 Å². The molecule has 0 aliphatic rings. The van der Waals surface area contributed by atoms with Crippen LogP contribution in [0, 0.1) is 0 Å². The molecule has 4 heteroatoms. The van der Waals surface area contributed by atoms with Crippen molar-refractivity contribution in [2.24, 2.45) is 0 Å². The van der Waals surface area contributed by atoms with Crippen molar-refractivity contribution in [3.05, 3.63) is 22.4 Å². The van der Waals surface area contributed by atoms with Gasteiger partial charge in [-0.3, -0.25) is 4.79 Å². The first kappa shape index (κ1) is 14.3. The van der Waals surface area contributed by atoms with Gasteiger partial charge in [-0.1, -0.05) is 13.8 Å². The summed E-state index contributed by atoms with van der Waals surface area (Å²) in [4.78, 5) is 14.2. The van der Waals surface area contributed by atoms with Gasteiger partial charge >= 0.3 is 0 Å². The van der Waals surface area contributed by atoms with Gasteiger partial charge in [-0.05, 0) is 41.8 Å². The third kappa shape index (κ3) is 3.35. The Morgan fingerprint density at radius 1 is 1.53 bits per heavy atom. The summed E-state index contributed by atoms with van der Waals surface area (Å²) in [7, 11) is 1.87. The number of rotatable bonds is 5. The second kappa shape index (κ2) is 6.24. The van der Waals surface area contributed by atoms with Gasteiger partial charge in [-0.15, -0.1) is 0 Å². The minimum Gasteiger partial charge on any atom is -0.342 e. The lowest BCUT2D eigenvalue weighted by atomic mass is 10.2. The number of amides is 1. The van der Waals surface area contributed by atoms with E-state index in [0.717, 1.165) is 29.6 Å². The molecule has 1 heterocycles. The summed E-state index contributed by atoms with van der Waals surface area (Å²) in [5.74, 6) is 0.0958. The predicted molar refractivity (Wildman–Crippen MR) is 74.3 cm³/mol. The fourth-order valence-electron chi connectivity index (χ4n) is 1.73. The normalized spacial score (nSPS) is 12.5. The molecule has 96 valence electrons. The maximum absolute atomic E-state index is 12.3. The summed E-state index contributed by atoms with van der Waals surface area (Å²) in [6.45, 7) is 7.15. The van der Waals surface area contributed by atoms with Crippen LogP contribution in [-0.2, 0) is 6.54 Å². The molecule has 1 rings (SSSR count). The van der Waals surface area contributed by atoms with Crippen molar-refractivity contribution in [3.63, 3.8) is 0 Å². The van der Waals surface area contributed by atoms with Crippen LogP contribution in [0.15, 0.2) is 16.7 Å². The lowest BCUT2D eigenvalue weighted by Gasteiger charge is -2.24. The Balaban J connectivity index is 2.94. The highest BCUT2D eigenvalue weighted by Gasteiger charge is 2.19. The molecular formula is C13H21BrN2O. The molecule has 1 atom stereocenters. The summed E-state index contributed by atoms with van der Waals surface area (Å²) < 4.78 is 2.98. The van der Waals surface area contributed by atoms with Crippen molar-refractivity contribution < 1.29 is 4.79 Å². The molecule has 1 unspecified atom stereocenters. The molecule has 0 saturated heterocycles. The van der Waals surface area contributed by atoms with Crippen LogP contribution in [-0.4, -0.2) is 28.5 Å². The highest BCUT2D eigenvalue weighted by Crippen LogP contribution is 2.18. The topological polar surface area (TPSA) is 25.2 Å². The molecule has 0 N–H and O–H groups in total. The summed E-state index contributed by atoms with van der Waals surface area (Å²) in [5.41, 5.74) is 0.765. The van der Waals surface area contributed by atoms with Crippen LogP contribution in [0.25, 0.3) is 0 Å². The monoisotopic (exact) mass is 300 g/mol. The van der Waals surface area contributed by atoms with Crippen LogP contribution < -0.4 is 0 Å². The van der Waals surface area contributed by atoms with E-state index < -0.39 is 0 Å². The fourth-order valence-corrected chi connectivity index (χ4v) is 2.20. The van der Waals surface area contributed by atoms with E-state index >= 15 is 0 Å². The van der Waals surface area contributed by atoms with Crippen molar-refractivity contribution in [1.82, 2.24) is 9.47 Å².